The van der Waals surface area contributed by atoms with Crippen molar-refractivity contribution in [2.24, 2.45) is 0 Å². The third-order valence-electron chi connectivity index (χ3n) is 6.40. The average Bonchev–Trinajstić information content (AvgIpc) is 3.30. The van der Waals surface area contributed by atoms with Crippen LogP contribution in [0.5, 0.6) is 17.2 Å². The second-order valence-corrected chi connectivity index (χ2v) is 9.37. The highest BCUT2D eigenvalue weighted by Crippen LogP contribution is 2.39. The summed E-state index contributed by atoms with van der Waals surface area (Å²) in [6.07, 6.45) is -4.62. The van der Waals surface area contributed by atoms with Gasteiger partial charge in [0.15, 0.2) is 0 Å². The molecule has 5 nitrogen and oxygen atoms in total. The summed E-state index contributed by atoms with van der Waals surface area (Å²) in [6.45, 7) is 0.0362. The monoisotopic (exact) mass is 570 g/mol. The molecule has 1 aromatic heterocycles. The van der Waals surface area contributed by atoms with E-state index in [1.54, 1.807) is 62.8 Å². The summed E-state index contributed by atoms with van der Waals surface area (Å²) in [5.74, 6) is 1.13. The van der Waals surface area contributed by atoms with Crippen molar-refractivity contribution in [1.29, 1.82) is 0 Å². The Morgan fingerprint density at radius 2 is 1.65 bits per heavy atom. The lowest BCUT2D eigenvalue weighted by Crippen LogP contribution is -2.07. The van der Waals surface area contributed by atoms with Gasteiger partial charge in [-0.25, -0.2) is 4.39 Å². The van der Waals surface area contributed by atoms with E-state index in [1.807, 2.05) is 0 Å². The zero-order chi connectivity index (χ0) is 28.4. The minimum Gasteiger partial charge on any atom is -0.497 e. The van der Waals surface area contributed by atoms with Crippen LogP contribution in [0.3, 0.4) is 0 Å². The first-order valence-corrected chi connectivity index (χ1v) is 12.5. The van der Waals surface area contributed by atoms with Crippen LogP contribution in [0, 0.1) is 5.82 Å². The highest BCUT2D eigenvalue weighted by Gasteiger charge is 2.34. The minimum atomic E-state index is -4.62. The molecule has 5 rings (SSSR count). The zero-order valence-electron chi connectivity index (χ0n) is 21.4. The second kappa shape index (κ2) is 11.1. The predicted octanol–water partition coefficient (Wildman–Crippen LogP) is 8.16. The molecular formula is C30H23ClF4N2O3. The first-order valence-electron chi connectivity index (χ1n) is 12.1. The van der Waals surface area contributed by atoms with E-state index in [1.165, 1.54) is 22.9 Å². The van der Waals surface area contributed by atoms with Crippen molar-refractivity contribution in [3.8, 4) is 28.5 Å². The highest BCUT2D eigenvalue weighted by molar-refractivity contribution is 6.30. The highest BCUT2D eigenvalue weighted by atomic mass is 35.5. The molecule has 1 heterocycles. The molecule has 0 aliphatic heterocycles. The maximum atomic E-state index is 14.7. The fraction of sp³-hybridized carbons (Fsp3) is 0.167. The smallest absolute Gasteiger partial charge is 0.418 e. The number of hydrogen-bond donors (Lipinski definition) is 0. The molecule has 0 aliphatic carbocycles. The van der Waals surface area contributed by atoms with Crippen LogP contribution in [0.15, 0.2) is 78.9 Å². The Labute approximate surface area is 232 Å². The first-order chi connectivity index (χ1) is 19.2. The Hall–Kier alpha value is -4.24. The number of hydrogen-bond acceptors (Lipinski definition) is 4. The molecular weight excluding hydrogens is 548 g/mol. The van der Waals surface area contributed by atoms with Gasteiger partial charge < -0.3 is 14.2 Å². The van der Waals surface area contributed by atoms with Gasteiger partial charge in [-0.3, -0.25) is 4.68 Å². The van der Waals surface area contributed by atoms with Crippen molar-refractivity contribution in [3.63, 3.8) is 0 Å². The quantitative estimate of drug-likeness (QED) is 0.177. The van der Waals surface area contributed by atoms with Crippen LogP contribution >= 0.6 is 11.6 Å². The third kappa shape index (κ3) is 5.56. The van der Waals surface area contributed by atoms with Crippen molar-refractivity contribution in [1.82, 2.24) is 9.78 Å². The molecule has 0 radical (unpaired) electrons. The second-order valence-electron chi connectivity index (χ2n) is 8.94. The summed E-state index contributed by atoms with van der Waals surface area (Å²) in [6, 6.07) is 20.3. The van der Waals surface area contributed by atoms with Crippen molar-refractivity contribution < 1.29 is 31.8 Å². The van der Waals surface area contributed by atoms with Crippen molar-refractivity contribution in [2.75, 3.05) is 14.2 Å². The lowest BCUT2D eigenvalue weighted by molar-refractivity contribution is -0.136. The van der Waals surface area contributed by atoms with Crippen LogP contribution in [-0.2, 0) is 19.3 Å². The van der Waals surface area contributed by atoms with Gasteiger partial charge in [0.05, 0.1) is 32.0 Å². The van der Waals surface area contributed by atoms with E-state index < -0.39 is 17.6 Å². The third-order valence-corrected chi connectivity index (χ3v) is 6.64. The van der Waals surface area contributed by atoms with Gasteiger partial charge in [-0.05, 0) is 48.5 Å². The predicted molar refractivity (Wildman–Crippen MR) is 145 cm³/mol. The van der Waals surface area contributed by atoms with Crippen LogP contribution in [0.2, 0.25) is 5.02 Å². The van der Waals surface area contributed by atoms with Gasteiger partial charge in [0, 0.05) is 27.1 Å². The van der Waals surface area contributed by atoms with Crippen molar-refractivity contribution >= 4 is 22.5 Å². The van der Waals surface area contributed by atoms with E-state index in [0.29, 0.717) is 28.5 Å². The fourth-order valence-electron chi connectivity index (χ4n) is 4.50. The number of benzene rings is 4. The summed E-state index contributed by atoms with van der Waals surface area (Å²) in [7, 11) is 3.11. The number of aromatic nitrogens is 2. The Kier molecular flexibility index (Phi) is 7.58. The fourth-order valence-corrected chi connectivity index (χ4v) is 4.66. The van der Waals surface area contributed by atoms with Gasteiger partial charge in [0.25, 0.3) is 0 Å². The molecule has 0 spiro atoms. The maximum Gasteiger partial charge on any atom is 0.418 e. The SMILES string of the molecule is COc1ccc(OC)c(COc2cccc(-c3c4cccc(C(F)(F)F)c4nn3Cc3ccc(Cl)cc3F)c2)c1. The molecule has 0 saturated heterocycles. The van der Waals surface area contributed by atoms with Crippen LogP contribution < -0.4 is 14.2 Å². The van der Waals surface area contributed by atoms with E-state index in [-0.39, 0.29) is 34.6 Å². The number of halogens is 5. The molecule has 4 aromatic carbocycles. The van der Waals surface area contributed by atoms with E-state index >= 15 is 0 Å². The summed E-state index contributed by atoms with van der Waals surface area (Å²) < 4.78 is 74.4. The lowest BCUT2D eigenvalue weighted by Gasteiger charge is -2.13. The number of fused-ring (bicyclic) bond motifs is 1. The van der Waals surface area contributed by atoms with E-state index in [2.05, 4.69) is 5.10 Å². The Bertz CT molecular complexity index is 1680. The average molecular weight is 571 g/mol. The largest absolute Gasteiger partial charge is 0.497 e. The van der Waals surface area contributed by atoms with Gasteiger partial charge in [-0.15, -0.1) is 0 Å². The lowest BCUT2D eigenvalue weighted by atomic mass is 10.0. The van der Waals surface area contributed by atoms with Crippen LogP contribution in [0.1, 0.15) is 16.7 Å². The molecule has 206 valence electrons. The summed E-state index contributed by atoms with van der Waals surface area (Å²) in [5.41, 5.74) is 0.803. The maximum absolute atomic E-state index is 14.7. The van der Waals surface area contributed by atoms with Gasteiger partial charge >= 0.3 is 6.18 Å². The number of alkyl halides is 3. The van der Waals surface area contributed by atoms with Gasteiger partial charge in [-0.2, -0.15) is 18.3 Å². The number of rotatable bonds is 8. The van der Waals surface area contributed by atoms with Gasteiger partial charge in [0.2, 0.25) is 0 Å². The molecule has 0 aliphatic rings. The molecule has 10 heteroatoms. The van der Waals surface area contributed by atoms with Crippen LogP contribution in [0.4, 0.5) is 17.6 Å². The molecule has 0 saturated carbocycles. The van der Waals surface area contributed by atoms with Gasteiger partial charge in [0.1, 0.15) is 35.2 Å². The molecule has 0 N–H and O–H groups in total. The molecule has 0 unspecified atom stereocenters. The van der Waals surface area contributed by atoms with Crippen LogP contribution in [0.25, 0.3) is 22.2 Å². The number of nitrogens with zero attached hydrogens (tertiary/aromatic N) is 2. The van der Waals surface area contributed by atoms with Crippen molar-refractivity contribution in [3.05, 3.63) is 106 Å². The number of methoxy groups -OCH3 is 2. The van der Waals surface area contributed by atoms with Crippen molar-refractivity contribution in [2.45, 2.75) is 19.3 Å². The molecule has 5 aromatic rings. The Morgan fingerprint density at radius 3 is 2.38 bits per heavy atom. The zero-order valence-corrected chi connectivity index (χ0v) is 22.2. The Morgan fingerprint density at radius 1 is 0.850 bits per heavy atom. The topological polar surface area (TPSA) is 45.5 Å². The molecule has 0 fully saturated rings. The normalized spacial score (nSPS) is 11.6. The van der Waals surface area contributed by atoms with Gasteiger partial charge in [-0.1, -0.05) is 41.9 Å². The number of ether oxygens (including phenoxy) is 3. The summed E-state index contributed by atoms with van der Waals surface area (Å²) in [4.78, 5) is 0. The molecule has 0 amide bonds. The Balaban J connectivity index is 1.57. The molecule has 0 bridgehead atoms. The summed E-state index contributed by atoms with van der Waals surface area (Å²) in [5, 5.41) is 4.79. The van der Waals surface area contributed by atoms with E-state index in [0.717, 1.165) is 17.7 Å². The summed E-state index contributed by atoms with van der Waals surface area (Å²) >= 11 is 5.89. The first kappa shape index (κ1) is 27.3. The molecule has 0 atom stereocenters. The van der Waals surface area contributed by atoms with E-state index in [9.17, 15) is 17.6 Å². The minimum absolute atomic E-state index is 0.115. The van der Waals surface area contributed by atoms with Crippen LogP contribution in [-0.4, -0.2) is 24.0 Å². The standard InChI is InChI=1S/C30H23ClF4N2O3/c1-38-22-11-12-27(39-2)20(14-22)17-40-23-6-3-5-18(13-23)29-24-7-4-8-25(30(33,34)35)28(24)36-37(29)16-19-9-10-21(31)15-26(19)32/h3-15H,16-17H2,1-2H3. The van der Waals surface area contributed by atoms with E-state index in [4.69, 9.17) is 25.8 Å². The molecule has 40 heavy (non-hydrogen) atoms.